The Hall–Kier alpha value is -0.810. The Balaban J connectivity index is 1.93. The van der Waals surface area contributed by atoms with Crippen LogP contribution < -0.4 is 10.6 Å². The molecule has 104 valence electrons. The fraction of sp³-hybridized carbons (Fsp3) is 0.923. The molecule has 2 aliphatic rings. The summed E-state index contributed by atoms with van der Waals surface area (Å²) in [4.78, 5) is 11.8. The van der Waals surface area contributed by atoms with Gasteiger partial charge in [0.2, 0.25) is 0 Å². The van der Waals surface area contributed by atoms with Gasteiger partial charge in [-0.25, -0.2) is 4.79 Å². The predicted octanol–water partition coefficient (Wildman–Crippen LogP) is 1.28. The van der Waals surface area contributed by atoms with Gasteiger partial charge in [0, 0.05) is 5.41 Å². The molecule has 0 radical (unpaired) electrons. The Morgan fingerprint density at radius 3 is 2.67 bits per heavy atom. The minimum atomic E-state index is -0.454. The molecule has 0 bridgehead atoms. The molecule has 1 atom stereocenters. The lowest BCUT2D eigenvalue weighted by atomic mass is 9.75. The lowest BCUT2D eigenvalue weighted by molar-refractivity contribution is 0.0452. The molecule has 0 aliphatic carbocycles. The van der Waals surface area contributed by atoms with Crippen molar-refractivity contribution in [2.75, 3.05) is 26.3 Å². The molecule has 0 saturated carbocycles. The van der Waals surface area contributed by atoms with E-state index < -0.39 is 5.60 Å². The van der Waals surface area contributed by atoms with Crippen LogP contribution in [0.5, 0.6) is 0 Å². The summed E-state index contributed by atoms with van der Waals surface area (Å²) in [6.45, 7) is 8.95. The molecular weight excluding hydrogens is 232 g/mol. The number of hydrogen-bond donors (Lipinski definition) is 2. The summed E-state index contributed by atoms with van der Waals surface area (Å²) in [6, 6.07) is 0.0782. The Morgan fingerprint density at radius 2 is 2.06 bits per heavy atom. The van der Waals surface area contributed by atoms with E-state index in [-0.39, 0.29) is 17.6 Å². The first kappa shape index (κ1) is 13.6. The summed E-state index contributed by atoms with van der Waals surface area (Å²) in [6.07, 6.45) is 1.76. The molecule has 2 aliphatic heterocycles. The molecule has 2 heterocycles. The van der Waals surface area contributed by atoms with Gasteiger partial charge in [-0.15, -0.1) is 0 Å². The lowest BCUT2D eigenvalue weighted by Gasteiger charge is -2.37. The summed E-state index contributed by atoms with van der Waals surface area (Å²) in [7, 11) is 0. The molecule has 5 nitrogen and oxygen atoms in total. The van der Waals surface area contributed by atoms with E-state index in [4.69, 9.17) is 9.47 Å². The first-order chi connectivity index (χ1) is 8.41. The molecular formula is C13H24N2O3. The van der Waals surface area contributed by atoms with Crippen LogP contribution in [0.2, 0.25) is 0 Å². The predicted molar refractivity (Wildman–Crippen MR) is 68.5 cm³/mol. The van der Waals surface area contributed by atoms with Crippen molar-refractivity contribution in [2.24, 2.45) is 5.41 Å². The van der Waals surface area contributed by atoms with Gasteiger partial charge in [0.1, 0.15) is 5.60 Å². The Morgan fingerprint density at radius 1 is 1.39 bits per heavy atom. The van der Waals surface area contributed by atoms with Crippen molar-refractivity contribution < 1.29 is 14.3 Å². The first-order valence-electron chi connectivity index (χ1n) is 6.69. The second-order valence-corrected chi connectivity index (χ2v) is 6.33. The molecule has 5 heteroatoms. The van der Waals surface area contributed by atoms with Crippen LogP contribution in [0.3, 0.4) is 0 Å². The van der Waals surface area contributed by atoms with Crippen molar-refractivity contribution in [3.8, 4) is 0 Å². The van der Waals surface area contributed by atoms with E-state index in [9.17, 15) is 4.79 Å². The smallest absolute Gasteiger partial charge is 0.407 e. The molecule has 0 aromatic heterocycles. The third kappa shape index (κ3) is 3.14. The standard InChI is InChI=1S/C13H24N2O3/c1-12(2,3)18-11(16)15-10-8-17-9-13(10)4-6-14-7-5-13/h10,14H,4-9H2,1-3H3,(H,15,16). The van der Waals surface area contributed by atoms with Crippen LogP contribution in [-0.2, 0) is 9.47 Å². The molecule has 1 amide bonds. The van der Waals surface area contributed by atoms with Crippen LogP contribution in [0, 0.1) is 5.41 Å². The number of hydrogen-bond acceptors (Lipinski definition) is 4. The monoisotopic (exact) mass is 256 g/mol. The third-order valence-electron chi connectivity index (χ3n) is 3.70. The molecule has 2 N–H and O–H groups in total. The highest BCUT2D eigenvalue weighted by molar-refractivity contribution is 5.68. The number of alkyl carbamates (subject to hydrolysis) is 1. The maximum Gasteiger partial charge on any atom is 0.407 e. The Kier molecular flexibility index (Phi) is 3.82. The topological polar surface area (TPSA) is 59.6 Å². The highest BCUT2D eigenvalue weighted by Crippen LogP contribution is 2.37. The number of carbonyl (C=O) groups excluding carboxylic acids is 1. The van der Waals surface area contributed by atoms with Crippen molar-refractivity contribution in [3.05, 3.63) is 0 Å². The largest absolute Gasteiger partial charge is 0.444 e. The van der Waals surface area contributed by atoms with Gasteiger partial charge in [0.25, 0.3) is 0 Å². The number of ether oxygens (including phenoxy) is 2. The molecule has 1 spiro atoms. The summed E-state index contributed by atoms with van der Waals surface area (Å²) in [5, 5.41) is 6.33. The second-order valence-electron chi connectivity index (χ2n) is 6.33. The van der Waals surface area contributed by atoms with Crippen molar-refractivity contribution in [1.29, 1.82) is 0 Å². The van der Waals surface area contributed by atoms with Gasteiger partial charge in [0.05, 0.1) is 19.3 Å². The fourth-order valence-corrected chi connectivity index (χ4v) is 2.72. The summed E-state index contributed by atoms with van der Waals surface area (Å²) in [5.74, 6) is 0. The van der Waals surface area contributed by atoms with E-state index in [1.807, 2.05) is 20.8 Å². The van der Waals surface area contributed by atoms with Gasteiger partial charge in [-0.3, -0.25) is 0 Å². The second kappa shape index (κ2) is 5.05. The lowest BCUT2D eigenvalue weighted by Crippen LogP contribution is -2.52. The van der Waals surface area contributed by atoms with E-state index in [1.54, 1.807) is 0 Å². The number of nitrogens with one attached hydrogen (secondary N) is 2. The fourth-order valence-electron chi connectivity index (χ4n) is 2.72. The van der Waals surface area contributed by atoms with Gasteiger partial charge in [-0.1, -0.05) is 0 Å². The SMILES string of the molecule is CC(C)(C)OC(=O)NC1COCC12CCNCC2. The minimum Gasteiger partial charge on any atom is -0.444 e. The molecule has 0 aromatic rings. The van der Waals surface area contributed by atoms with Gasteiger partial charge >= 0.3 is 6.09 Å². The number of rotatable bonds is 1. The number of amides is 1. The average Bonchev–Trinajstić information content (AvgIpc) is 2.60. The molecule has 1 unspecified atom stereocenters. The zero-order chi connectivity index (χ0) is 13.2. The normalized spacial score (nSPS) is 27.2. The van der Waals surface area contributed by atoms with Crippen LogP contribution in [0.25, 0.3) is 0 Å². The van der Waals surface area contributed by atoms with Crippen molar-refractivity contribution in [2.45, 2.75) is 45.3 Å². The summed E-state index contributed by atoms with van der Waals surface area (Å²) < 4.78 is 10.9. The van der Waals surface area contributed by atoms with E-state index in [0.717, 1.165) is 32.5 Å². The number of carbonyl (C=O) groups is 1. The van der Waals surface area contributed by atoms with Crippen molar-refractivity contribution in [1.82, 2.24) is 10.6 Å². The van der Waals surface area contributed by atoms with Crippen molar-refractivity contribution in [3.63, 3.8) is 0 Å². The van der Waals surface area contributed by atoms with E-state index in [0.29, 0.717) is 6.61 Å². The summed E-state index contributed by atoms with van der Waals surface area (Å²) in [5.41, 5.74) is -0.354. The highest BCUT2D eigenvalue weighted by atomic mass is 16.6. The van der Waals surface area contributed by atoms with Crippen LogP contribution in [0.4, 0.5) is 4.79 Å². The minimum absolute atomic E-state index is 0.0782. The van der Waals surface area contributed by atoms with Gasteiger partial charge < -0.3 is 20.1 Å². The van der Waals surface area contributed by atoms with Gasteiger partial charge in [-0.05, 0) is 46.7 Å². The maximum atomic E-state index is 11.8. The first-order valence-corrected chi connectivity index (χ1v) is 6.69. The van der Waals surface area contributed by atoms with Gasteiger partial charge in [-0.2, -0.15) is 0 Å². The van der Waals surface area contributed by atoms with E-state index in [1.165, 1.54) is 0 Å². The zero-order valence-electron chi connectivity index (χ0n) is 11.5. The average molecular weight is 256 g/mol. The van der Waals surface area contributed by atoms with Crippen LogP contribution in [0.15, 0.2) is 0 Å². The van der Waals surface area contributed by atoms with Crippen LogP contribution in [-0.4, -0.2) is 44.0 Å². The van der Waals surface area contributed by atoms with E-state index in [2.05, 4.69) is 10.6 Å². The van der Waals surface area contributed by atoms with Gasteiger partial charge in [0.15, 0.2) is 0 Å². The van der Waals surface area contributed by atoms with Crippen LogP contribution in [0.1, 0.15) is 33.6 Å². The third-order valence-corrected chi connectivity index (χ3v) is 3.70. The number of piperidine rings is 1. The van der Waals surface area contributed by atoms with Crippen LogP contribution >= 0.6 is 0 Å². The Bertz CT molecular complexity index is 306. The molecule has 2 rings (SSSR count). The molecule has 2 fully saturated rings. The highest BCUT2D eigenvalue weighted by Gasteiger charge is 2.45. The Labute approximate surface area is 109 Å². The summed E-state index contributed by atoms with van der Waals surface area (Å²) >= 11 is 0. The molecule has 2 saturated heterocycles. The van der Waals surface area contributed by atoms with E-state index >= 15 is 0 Å². The zero-order valence-corrected chi connectivity index (χ0v) is 11.5. The maximum absolute atomic E-state index is 11.8. The van der Waals surface area contributed by atoms with Crippen molar-refractivity contribution >= 4 is 6.09 Å². The molecule has 0 aromatic carbocycles. The quantitative estimate of drug-likeness (QED) is 0.742. The molecule has 18 heavy (non-hydrogen) atoms.